The minimum absolute atomic E-state index is 0.0753. The van der Waals surface area contributed by atoms with Gasteiger partial charge in [0, 0.05) is 19.1 Å². The van der Waals surface area contributed by atoms with Crippen molar-refractivity contribution >= 4 is 5.91 Å². The van der Waals surface area contributed by atoms with Gasteiger partial charge in [0.05, 0.1) is 12.7 Å². The van der Waals surface area contributed by atoms with E-state index in [1.54, 1.807) is 0 Å². The Morgan fingerprint density at radius 2 is 2.24 bits per heavy atom. The van der Waals surface area contributed by atoms with E-state index in [1.165, 1.54) is 12.8 Å². The Morgan fingerprint density at radius 1 is 1.43 bits per heavy atom. The van der Waals surface area contributed by atoms with Crippen molar-refractivity contribution in [2.45, 2.75) is 31.0 Å². The van der Waals surface area contributed by atoms with Crippen molar-refractivity contribution in [3.8, 4) is 0 Å². The highest BCUT2D eigenvalue weighted by Crippen LogP contribution is 2.22. The third-order valence-corrected chi connectivity index (χ3v) is 4.41. The Balaban J connectivity index is 1.47. The van der Waals surface area contributed by atoms with Gasteiger partial charge in [0.15, 0.2) is 0 Å². The van der Waals surface area contributed by atoms with Crippen LogP contribution in [-0.2, 0) is 9.53 Å². The van der Waals surface area contributed by atoms with Crippen molar-refractivity contribution in [2.75, 3.05) is 26.2 Å². The quantitative estimate of drug-likeness (QED) is 0.855. The van der Waals surface area contributed by atoms with Crippen molar-refractivity contribution in [1.82, 2.24) is 10.2 Å². The van der Waals surface area contributed by atoms with Gasteiger partial charge in [-0.1, -0.05) is 30.3 Å². The summed E-state index contributed by atoms with van der Waals surface area (Å²) in [6, 6.07) is 9.40. The molecule has 0 saturated carbocycles. The molecule has 2 heterocycles. The Hall–Kier alpha value is -1.43. The fourth-order valence-electron chi connectivity index (χ4n) is 3.15. The van der Waals surface area contributed by atoms with Crippen molar-refractivity contribution in [2.24, 2.45) is 5.73 Å². The van der Waals surface area contributed by atoms with Crippen LogP contribution in [0.25, 0.3) is 0 Å². The third kappa shape index (κ3) is 3.43. The molecule has 114 valence electrons. The van der Waals surface area contributed by atoms with Crippen molar-refractivity contribution in [1.29, 1.82) is 0 Å². The summed E-state index contributed by atoms with van der Waals surface area (Å²) >= 11 is 0. The van der Waals surface area contributed by atoms with Gasteiger partial charge < -0.3 is 15.8 Å². The lowest BCUT2D eigenvalue weighted by Crippen LogP contribution is -2.50. The number of nitrogens with two attached hydrogens (primary N) is 1. The number of nitrogens with one attached hydrogen (secondary N) is 1. The summed E-state index contributed by atoms with van der Waals surface area (Å²) in [6.45, 7) is 3.38. The van der Waals surface area contributed by atoms with Gasteiger partial charge in [-0.15, -0.1) is 0 Å². The summed E-state index contributed by atoms with van der Waals surface area (Å²) in [5.74, 6) is -0.145. The van der Waals surface area contributed by atoms with Crippen molar-refractivity contribution in [3.63, 3.8) is 0 Å². The van der Waals surface area contributed by atoms with Crippen LogP contribution in [0.4, 0.5) is 0 Å². The zero-order valence-corrected chi connectivity index (χ0v) is 12.2. The lowest BCUT2D eigenvalue weighted by Gasteiger charge is -2.35. The molecule has 21 heavy (non-hydrogen) atoms. The van der Waals surface area contributed by atoms with Gasteiger partial charge in [-0.3, -0.25) is 9.69 Å². The number of hydrogen-bond acceptors (Lipinski definition) is 4. The first-order valence-electron chi connectivity index (χ1n) is 7.68. The minimum Gasteiger partial charge on any atom is -0.373 e. The number of hydrogen-bond donors (Lipinski definition) is 2. The molecule has 5 nitrogen and oxygen atoms in total. The van der Waals surface area contributed by atoms with Crippen LogP contribution in [0.3, 0.4) is 0 Å². The van der Waals surface area contributed by atoms with E-state index in [9.17, 15) is 4.79 Å². The summed E-state index contributed by atoms with van der Waals surface area (Å²) in [5, 5.41) is 2.91. The van der Waals surface area contributed by atoms with E-state index in [-0.39, 0.29) is 12.0 Å². The van der Waals surface area contributed by atoms with E-state index >= 15 is 0 Å². The molecule has 0 aromatic heterocycles. The average molecular weight is 289 g/mol. The lowest BCUT2D eigenvalue weighted by molar-refractivity contribution is -0.124. The number of nitrogens with zero attached hydrogens (tertiary/aromatic N) is 1. The smallest absolute Gasteiger partial charge is 0.241 e. The first-order valence-corrected chi connectivity index (χ1v) is 7.68. The monoisotopic (exact) mass is 289 g/mol. The second kappa shape index (κ2) is 6.56. The number of ether oxygens (including phenoxy) is 1. The van der Waals surface area contributed by atoms with Gasteiger partial charge in [0.2, 0.25) is 5.91 Å². The second-order valence-corrected chi connectivity index (χ2v) is 5.88. The van der Waals surface area contributed by atoms with Crippen LogP contribution in [0.2, 0.25) is 0 Å². The van der Waals surface area contributed by atoms with E-state index in [4.69, 9.17) is 10.5 Å². The molecule has 3 N–H and O–H groups in total. The maximum Gasteiger partial charge on any atom is 0.241 e. The maximum atomic E-state index is 12.1. The van der Waals surface area contributed by atoms with Gasteiger partial charge in [-0.2, -0.15) is 0 Å². The van der Waals surface area contributed by atoms with E-state index in [1.807, 2.05) is 30.3 Å². The fraction of sp³-hybridized carbons (Fsp3) is 0.562. The Kier molecular flexibility index (Phi) is 4.53. The van der Waals surface area contributed by atoms with Crippen LogP contribution in [0.1, 0.15) is 24.4 Å². The largest absolute Gasteiger partial charge is 0.373 e. The van der Waals surface area contributed by atoms with Gasteiger partial charge >= 0.3 is 0 Å². The van der Waals surface area contributed by atoms with Crippen molar-refractivity contribution < 1.29 is 9.53 Å². The molecule has 5 heteroatoms. The first-order chi connectivity index (χ1) is 10.2. The molecule has 1 amide bonds. The molecule has 2 fully saturated rings. The SMILES string of the molecule is NC(C(=O)NCC1CN2CCCC2CO1)c1ccccc1. The van der Waals surface area contributed by atoms with E-state index in [0.29, 0.717) is 12.6 Å². The van der Waals surface area contributed by atoms with Crippen LogP contribution in [-0.4, -0.2) is 49.2 Å². The van der Waals surface area contributed by atoms with Crippen LogP contribution in [0, 0.1) is 0 Å². The minimum atomic E-state index is -0.616. The number of rotatable bonds is 4. The van der Waals surface area contributed by atoms with E-state index in [0.717, 1.165) is 25.3 Å². The highest BCUT2D eigenvalue weighted by molar-refractivity contribution is 5.82. The van der Waals surface area contributed by atoms with Crippen LogP contribution < -0.4 is 11.1 Å². The molecule has 1 aromatic carbocycles. The molecule has 0 aliphatic carbocycles. The first kappa shape index (κ1) is 14.5. The number of carbonyl (C=O) groups is 1. The molecular formula is C16H23N3O2. The van der Waals surface area contributed by atoms with E-state index < -0.39 is 6.04 Å². The molecule has 0 spiro atoms. The van der Waals surface area contributed by atoms with Gasteiger partial charge in [-0.25, -0.2) is 0 Å². The summed E-state index contributed by atoms with van der Waals surface area (Å²) in [4.78, 5) is 14.6. The third-order valence-electron chi connectivity index (χ3n) is 4.41. The number of amides is 1. The maximum absolute atomic E-state index is 12.1. The summed E-state index contributed by atoms with van der Waals surface area (Å²) < 4.78 is 5.83. The second-order valence-electron chi connectivity index (χ2n) is 5.88. The number of benzene rings is 1. The number of morpholine rings is 1. The van der Waals surface area contributed by atoms with Crippen LogP contribution in [0.5, 0.6) is 0 Å². The Bertz CT molecular complexity index is 480. The molecule has 2 aliphatic rings. The normalized spacial score (nSPS) is 27.1. The molecule has 0 bridgehead atoms. The molecule has 3 rings (SSSR count). The standard InChI is InChI=1S/C16H23N3O2/c17-15(12-5-2-1-3-6-12)16(20)18-9-14-10-19-8-4-7-13(19)11-21-14/h1-3,5-6,13-15H,4,7-11,17H2,(H,18,20). The summed E-state index contributed by atoms with van der Waals surface area (Å²) in [7, 11) is 0. The summed E-state index contributed by atoms with van der Waals surface area (Å²) in [5.41, 5.74) is 6.81. The molecule has 1 aromatic rings. The summed E-state index contributed by atoms with van der Waals surface area (Å²) in [6.07, 6.45) is 2.57. The molecule has 0 radical (unpaired) electrons. The van der Waals surface area contributed by atoms with E-state index in [2.05, 4.69) is 10.2 Å². The average Bonchev–Trinajstić information content (AvgIpc) is 3.00. The Labute approximate surface area is 125 Å². The van der Waals surface area contributed by atoms with Crippen LogP contribution in [0.15, 0.2) is 30.3 Å². The fourth-order valence-corrected chi connectivity index (χ4v) is 3.15. The molecule has 2 saturated heterocycles. The predicted molar refractivity (Wildman–Crippen MR) is 80.7 cm³/mol. The molecule has 3 unspecified atom stereocenters. The number of carbonyl (C=O) groups excluding carboxylic acids is 1. The highest BCUT2D eigenvalue weighted by atomic mass is 16.5. The van der Waals surface area contributed by atoms with Crippen LogP contribution >= 0.6 is 0 Å². The molecule has 3 atom stereocenters. The lowest BCUT2D eigenvalue weighted by atomic mass is 10.1. The zero-order valence-electron chi connectivity index (χ0n) is 12.2. The highest BCUT2D eigenvalue weighted by Gasteiger charge is 2.32. The van der Waals surface area contributed by atoms with Crippen molar-refractivity contribution in [3.05, 3.63) is 35.9 Å². The Morgan fingerprint density at radius 3 is 3.05 bits per heavy atom. The molecular weight excluding hydrogens is 266 g/mol. The topological polar surface area (TPSA) is 67.6 Å². The number of fused-ring (bicyclic) bond motifs is 1. The van der Waals surface area contributed by atoms with Gasteiger partial charge in [-0.05, 0) is 24.9 Å². The zero-order chi connectivity index (χ0) is 14.7. The predicted octanol–water partition coefficient (Wildman–Crippen LogP) is 0.666. The van der Waals surface area contributed by atoms with Gasteiger partial charge in [0.1, 0.15) is 6.04 Å². The molecule has 2 aliphatic heterocycles. The van der Waals surface area contributed by atoms with Gasteiger partial charge in [0.25, 0.3) is 0 Å².